The van der Waals surface area contributed by atoms with Gasteiger partial charge in [-0.05, 0) is 31.5 Å². The van der Waals surface area contributed by atoms with Crippen LogP contribution in [0, 0.1) is 11.3 Å². The van der Waals surface area contributed by atoms with Crippen molar-refractivity contribution in [3.05, 3.63) is 29.3 Å². The lowest BCUT2D eigenvalue weighted by Crippen LogP contribution is -2.19. The molecule has 0 saturated carbocycles. The van der Waals surface area contributed by atoms with Gasteiger partial charge in [0.25, 0.3) is 0 Å². The molecule has 1 aromatic carbocycles. The van der Waals surface area contributed by atoms with Gasteiger partial charge in [0.15, 0.2) is 5.78 Å². The molecule has 96 valence electrons. The molecule has 1 rings (SSSR count). The summed E-state index contributed by atoms with van der Waals surface area (Å²) in [6.45, 7) is 3.86. The number of aliphatic hydroxyl groups excluding tert-OH is 1. The number of nitrogens with one attached hydrogen (secondary N) is 1. The number of rotatable bonds is 6. The third-order valence-electron chi connectivity index (χ3n) is 2.70. The number of carbonyl (C=O) groups excluding carboxylic acids is 1. The van der Waals surface area contributed by atoms with Crippen LogP contribution in [0.4, 0.5) is 5.69 Å². The number of hydrogen-bond donors (Lipinski definition) is 2. The maximum Gasteiger partial charge on any atom is 0.159 e. The second-order valence-corrected chi connectivity index (χ2v) is 4.25. The van der Waals surface area contributed by atoms with E-state index in [4.69, 9.17) is 5.26 Å². The minimum absolute atomic E-state index is 0.0448. The Hall–Kier alpha value is -1.86. The monoisotopic (exact) mass is 246 g/mol. The van der Waals surface area contributed by atoms with Gasteiger partial charge in [-0.3, -0.25) is 4.79 Å². The van der Waals surface area contributed by atoms with E-state index in [0.29, 0.717) is 29.8 Å². The van der Waals surface area contributed by atoms with Gasteiger partial charge < -0.3 is 10.4 Å². The molecule has 0 fully saturated rings. The Morgan fingerprint density at radius 2 is 2.28 bits per heavy atom. The van der Waals surface area contributed by atoms with Crippen LogP contribution in [0.1, 0.15) is 42.6 Å². The molecular weight excluding hydrogens is 228 g/mol. The molecule has 1 aromatic rings. The summed E-state index contributed by atoms with van der Waals surface area (Å²) in [5.74, 6) is -0.0448. The first-order valence-corrected chi connectivity index (χ1v) is 6.05. The first-order chi connectivity index (χ1) is 8.58. The molecule has 0 heterocycles. The van der Waals surface area contributed by atoms with Crippen molar-refractivity contribution in [2.45, 2.75) is 32.8 Å². The Bertz CT molecular complexity index is 463. The van der Waals surface area contributed by atoms with Crippen molar-refractivity contribution in [3.8, 4) is 6.07 Å². The Balaban J connectivity index is 2.82. The minimum Gasteiger partial charge on any atom is -0.391 e. The van der Waals surface area contributed by atoms with Gasteiger partial charge in [0.1, 0.15) is 6.07 Å². The Morgan fingerprint density at radius 3 is 2.83 bits per heavy atom. The van der Waals surface area contributed by atoms with E-state index in [-0.39, 0.29) is 5.78 Å². The van der Waals surface area contributed by atoms with Gasteiger partial charge >= 0.3 is 0 Å². The molecule has 18 heavy (non-hydrogen) atoms. The van der Waals surface area contributed by atoms with Gasteiger partial charge in [0.05, 0.1) is 17.4 Å². The standard InChI is InChI=1S/C14H18N2O2/c1-3-4-13(18)9-16-14-7-11(10(2)17)5-6-12(14)8-15/h5-7,13,16,18H,3-4,9H2,1-2H3. The highest BCUT2D eigenvalue weighted by atomic mass is 16.3. The average molecular weight is 246 g/mol. The average Bonchev–Trinajstić information content (AvgIpc) is 2.36. The Morgan fingerprint density at radius 1 is 1.56 bits per heavy atom. The predicted molar refractivity (Wildman–Crippen MR) is 70.6 cm³/mol. The lowest BCUT2D eigenvalue weighted by molar-refractivity contribution is 0.101. The molecule has 2 N–H and O–H groups in total. The van der Waals surface area contributed by atoms with Crippen LogP contribution in [-0.4, -0.2) is 23.5 Å². The number of anilines is 1. The van der Waals surface area contributed by atoms with E-state index in [1.54, 1.807) is 18.2 Å². The number of carbonyl (C=O) groups is 1. The highest BCUT2D eigenvalue weighted by molar-refractivity contribution is 5.95. The molecule has 0 aliphatic heterocycles. The summed E-state index contributed by atoms with van der Waals surface area (Å²) in [6, 6.07) is 6.96. The van der Waals surface area contributed by atoms with Gasteiger partial charge in [-0.25, -0.2) is 0 Å². The topological polar surface area (TPSA) is 73.1 Å². The summed E-state index contributed by atoms with van der Waals surface area (Å²) >= 11 is 0. The van der Waals surface area contributed by atoms with Crippen LogP contribution in [0.3, 0.4) is 0 Å². The molecule has 1 atom stereocenters. The fraction of sp³-hybridized carbons (Fsp3) is 0.429. The zero-order valence-corrected chi connectivity index (χ0v) is 10.7. The van der Waals surface area contributed by atoms with E-state index in [0.717, 1.165) is 6.42 Å². The van der Waals surface area contributed by atoms with Crippen LogP contribution >= 0.6 is 0 Å². The number of nitriles is 1. The van der Waals surface area contributed by atoms with E-state index in [2.05, 4.69) is 11.4 Å². The molecule has 0 aliphatic rings. The molecule has 0 amide bonds. The maximum absolute atomic E-state index is 11.3. The first kappa shape index (κ1) is 14.2. The lowest BCUT2D eigenvalue weighted by atomic mass is 10.1. The highest BCUT2D eigenvalue weighted by Crippen LogP contribution is 2.17. The fourth-order valence-electron chi connectivity index (χ4n) is 1.67. The minimum atomic E-state index is -0.442. The van der Waals surface area contributed by atoms with Gasteiger partial charge in [-0.2, -0.15) is 5.26 Å². The van der Waals surface area contributed by atoms with Gasteiger partial charge in [-0.15, -0.1) is 0 Å². The zero-order chi connectivity index (χ0) is 13.5. The lowest BCUT2D eigenvalue weighted by Gasteiger charge is -2.13. The summed E-state index contributed by atoms with van der Waals surface area (Å²) < 4.78 is 0. The maximum atomic E-state index is 11.3. The SMILES string of the molecule is CCCC(O)CNc1cc(C(C)=O)ccc1C#N. The molecule has 0 bridgehead atoms. The van der Waals surface area contributed by atoms with Crippen LogP contribution in [0.2, 0.25) is 0 Å². The Kier molecular flexibility index (Phi) is 5.34. The summed E-state index contributed by atoms with van der Waals surface area (Å²) in [5.41, 5.74) is 1.63. The zero-order valence-electron chi connectivity index (χ0n) is 10.7. The van der Waals surface area contributed by atoms with Gasteiger partial charge in [0, 0.05) is 12.1 Å². The molecular formula is C14H18N2O2. The number of benzene rings is 1. The molecule has 0 aromatic heterocycles. The number of aliphatic hydroxyl groups is 1. The van der Waals surface area contributed by atoms with E-state index >= 15 is 0 Å². The van der Waals surface area contributed by atoms with Gasteiger partial charge in [-0.1, -0.05) is 13.3 Å². The normalized spacial score (nSPS) is 11.7. The number of ketones is 1. The Labute approximate surface area is 107 Å². The molecule has 0 aliphatic carbocycles. The predicted octanol–water partition coefficient (Wildman–Crippen LogP) is 2.33. The summed E-state index contributed by atoms with van der Waals surface area (Å²) in [6.07, 6.45) is 1.17. The van der Waals surface area contributed by atoms with Gasteiger partial charge in [0.2, 0.25) is 0 Å². The number of hydrogen-bond acceptors (Lipinski definition) is 4. The van der Waals surface area contributed by atoms with Crippen molar-refractivity contribution < 1.29 is 9.90 Å². The molecule has 4 nitrogen and oxygen atoms in total. The van der Waals surface area contributed by atoms with E-state index in [1.807, 2.05) is 6.92 Å². The van der Waals surface area contributed by atoms with Crippen molar-refractivity contribution in [3.63, 3.8) is 0 Å². The fourth-order valence-corrected chi connectivity index (χ4v) is 1.67. The molecule has 0 spiro atoms. The second kappa shape index (κ2) is 6.77. The summed E-state index contributed by atoms with van der Waals surface area (Å²) in [5, 5.41) is 21.6. The van der Waals surface area contributed by atoms with Crippen LogP contribution in [0.25, 0.3) is 0 Å². The molecule has 0 radical (unpaired) electrons. The molecule has 4 heteroatoms. The highest BCUT2D eigenvalue weighted by Gasteiger charge is 2.08. The molecule has 0 saturated heterocycles. The smallest absolute Gasteiger partial charge is 0.159 e. The van der Waals surface area contributed by atoms with Crippen molar-refractivity contribution in [1.29, 1.82) is 5.26 Å². The van der Waals surface area contributed by atoms with E-state index in [9.17, 15) is 9.90 Å². The summed E-state index contributed by atoms with van der Waals surface area (Å²) in [7, 11) is 0. The van der Waals surface area contributed by atoms with Crippen LogP contribution in [0.15, 0.2) is 18.2 Å². The quantitative estimate of drug-likeness (QED) is 0.755. The number of nitrogens with zero attached hydrogens (tertiary/aromatic N) is 1. The van der Waals surface area contributed by atoms with Crippen molar-refractivity contribution in [1.82, 2.24) is 0 Å². The van der Waals surface area contributed by atoms with Crippen molar-refractivity contribution >= 4 is 11.5 Å². The largest absolute Gasteiger partial charge is 0.391 e. The van der Waals surface area contributed by atoms with E-state index < -0.39 is 6.10 Å². The van der Waals surface area contributed by atoms with Crippen LogP contribution < -0.4 is 5.32 Å². The first-order valence-electron chi connectivity index (χ1n) is 6.05. The van der Waals surface area contributed by atoms with E-state index in [1.165, 1.54) is 6.92 Å². The second-order valence-electron chi connectivity index (χ2n) is 4.25. The third-order valence-corrected chi connectivity index (χ3v) is 2.70. The third kappa shape index (κ3) is 3.86. The van der Waals surface area contributed by atoms with Crippen molar-refractivity contribution in [2.24, 2.45) is 0 Å². The molecule has 1 unspecified atom stereocenters. The number of Topliss-reactive ketones (excluding diaryl/α,β-unsaturated/α-hetero) is 1. The van der Waals surface area contributed by atoms with Crippen LogP contribution in [0.5, 0.6) is 0 Å². The van der Waals surface area contributed by atoms with Crippen LogP contribution in [-0.2, 0) is 0 Å². The van der Waals surface area contributed by atoms with Crippen molar-refractivity contribution in [2.75, 3.05) is 11.9 Å². The summed E-state index contributed by atoms with van der Waals surface area (Å²) in [4.78, 5) is 11.3.